The fourth-order valence-corrected chi connectivity index (χ4v) is 3.72. The first kappa shape index (κ1) is 17.6. The Bertz CT molecular complexity index is 828. The largest absolute Gasteiger partial charge is 0.490 e. The van der Waals surface area contributed by atoms with Gasteiger partial charge in [0.25, 0.3) is 0 Å². The molecule has 2 amide bonds. The van der Waals surface area contributed by atoms with Gasteiger partial charge in [-0.2, -0.15) is 0 Å². The van der Waals surface area contributed by atoms with Crippen LogP contribution in [-0.2, 0) is 9.53 Å². The average molecular weight is 369 g/mol. The topological polar surface area (TPSA) is 80.8 Å². The second kappa shape index (κ2) is 7.82. The zero-order valence-electron chi connectivity index (χ0n) is 15.1. The highest BCUT2D eigenvalue weighted by molar-refractivity contribution is 5.87. The summed E-state index contributed by atoms with van der Waals surface area (Å²) in [6.07, 6.45) is 6.86. The molecule has 1 aliphatic carbocycles. The third kappa shape index (κ3) is 4.13. The molecular weight excluding hydrogens is 346 g/mol. The Balaban J connectivity index is 1.27. The molecule has 0 unspecified atom stereocenters. The van der Waals surface area contributed by atoms with E-state index >= 15 is 0 Å². The monoisotopic (exact) mass is 369 g/mol. The molecule has 7 heteroatoms. The number of benzene rings is 1. The minimum atomic E-state index is -0.410. The average Bonchev–Trinajstić information content (AvgIpc) is 3.08. The van der Waals surface area contributed by atoms with Crippen LogP contribution in [0.25, 0.3) is 10.8 Å². The van der Waals surface area contributed by atoms with Crippen molar-refractivity contribution in [2.75, 3.05) is 19.7 Å². The Kier molecular flexibility index (Phi) is 5.09. The fraction of sp³-hybridized carbons (Fsp3) is 0.450. The highest BCUT2D eigenvalue weighted by Crippen LogP contribution is 2.29. The number of pyridine rings is 1. The lowest BCUT2D eigenvalue weighted by atomic mass is 9.93. The van der Waals surface area contributed by atoms with Crippen LogP contribution in [0.1, 0.15) is 25.7 Å². The van der Waals surface area contributed by atoms with Gasteiger partial charge in [0, 0.05) is 29.2 Å². The summed E-state index contributed by atoms with van der Waals surface area (Å²) in [6.45, 7) is 0.908. The number of hydrogen-bond donors (Lipinski definition) is 1. The lowest BCUT2D eigenvalue weighted by Gasteiger charge is -2.30. The maximum absolute atomic E-state index is 12.1. The molecular formula is C20H23N3O4. The van der Waals surface area contributed by atoms with E-state index in [1.165, 1.54) is 4.90 Å². The molecule has 0 bridgehead atoms. The molecule has 2 aromatic rings. The van der Waals surface area contributed by atoms with Gasteiger partial charge in [-0.05, 0) is 37.8 Å². The van der Waals surface area contributed by atoms with Gasteiger partial charge in [0.15, 0.2) is 0 Å². The molecule has 142 valence electrons. The van der Waals surface area contributed by atoms with Gasteiger partial charge in [-0.3, -0.25) is 14.7 Å². The van der Waals surface area contributed by atoms with E-state index in [9.17, 15) is 9.59 Å². The molecule has 1 N–H and O–H groups in total. The number of cyclic esters (lactones) is 1. The van der Waals surface area contributed by atoms with Crippen molar-refractivity contribution in [2.45, 2.75) is 37.8 Å². The van der Waals surface area contributed by atoms with E-state index in [4.69, 9.17) is 9.47 Å². The predicted octanol–water partition coefficient (Wildman–Crippen LogP) is 2.49. The van der Waals surface area contributed by atoms with Gasteiger partial charge in [-0.15, -0.1) is 0 Å². The van der Waals surface area contributed by atoms with Crippen molar-refractivity contribution in [1.29, 1.82) is 0 Å². The summed E-state index contributed by atoms with van der Waals surface area (Å²) in [4.78, 5) is 29.1. The number of carbonyl (C=O) groups excluding carboxylic acids is 2. The maximum atomic E-state index is 12.1. The lowest BCUT2D eigenvalue weighted by molar-refractivity contribution is -0.122. The van der Waals surface area contributed by atoms with Gasteiger partial charge in [-0.1, -0.05) is 12.1 Å². The predicted molar refractivity (Wildman–Crippen MR) is 99.5 cm³/mol. The summed E-state index contributed by atoms with van der Waals surface area (Å²) in [6, 6.07) is 8.10. The summed E-state index contributed by atoms with van der Waals surface area (Å²) in [5, 5.41) is 5.16. The molecule has 1 aromatic carbocycles. The standard InChI is InChI=1S/C20H23N3O4/c24-19(13-23-10-11-26-20(23)25)22-15-4-6-16(7-5-15)27-18-3-1-2-14-12-21-9-8-17(14)18/h1-3,8-9,12,15-16H,4-7,10-11,13H2,(H,22,24). The van der Waals surface area contributed by atoms with Crippen molar-refractivity contribution in [2.24, 2.45) is 0 Å². The van der Waals surface area contributed by atoms with Crippen LogP contribution in [0.4, 0.5) is 4.79 Å². The molecule has 1 aromatic heterocycles. The summed E-state index contributed by atoms with van der Waals surface area (Å²) >= 11 is 0. The second-order valence-electron chi connectivity index (χ2n) is 7.05. The number of nitrogens with zero attached hydrogens (tertiary/aromatic N) is 2. The van der Waals surface area contributed by atoms with Gasteiger partial charge < -0.3 is 14.8 Å². The van der Waals surface area contributed by atoms with Crippen LogP contribution < -0.4 is 10.1 Å². The summed E-state index contributed by atoms with van der Waals surface area (Å²) in [7, 11) is 0. The Morgan fingerprint density at radius 2 is 2.11 bits per heavy atom. The highest BCUT2D eigenvalue weighted by atomic mass is 16.6. The minimum absolute atomic E-state index is 0.0688. The van der Waals surface area contributed by atoms with E-state index in [-0.39, 0.29) is 24.6 Å². The zero-order valence-corrected chi connectivity index (χ0v) is 15.1. The molecule has 1 aliphatic heterocycles. The third-order valence-electron chi connectivity index (χ3n) is 5.15. The molecule has 4 rings (SSSR count). The van der Waals surface area contributed by atoms with Crippen molar-refractivity contribution >= 4 is 22.8 Å². The van der Waals surface area contributed by atoms with Gasteiger partial charge in [0.1, 0.15) is 18.9 Å². The highest BCUT2D eigenvalue weighted by Gasteiger charge is 2.27. The Morgan fingerprint density at radius 1 is 1.26 bits per heavy atom. The zero-order chi connectivity index (χ0) is 18.6. The number of aromatic nitrogens is 1. The van der Waals surface area contributed by atoms with E-state index < -0.39 is 6.09 Å². The van der Waals surface area contributed by atoms with Gasteiger partial charge in [0.2, 0.25) is 5.91 Å². The number of fused-ring (bicyclic) bond motifs is 1. The van der Waals surface area contributed by atoms with Gasteiger partial charge in [-0.25, -0.2) is 4.79 Å². The van der Waals surface area contributed by atoms with Crippen LogP contribution in [0.3, 0.4) is 0 Å². The molecule has 2 aliphatic rings. The van der Waals surface area contributed by atoms with Gasteiger partial charge >= 0.3 is 6.09 Å². The van der Waals surface area contributed by atoms with E-state index in [1.807, 2.05) is 30.5 Å². The molecule has 0 atom stereocenters. The number of hydrogen-bond acceptors (Lipinski definition) is 5. The lowest BCUT2D eigenvalue weighted by Crippen LogP contribution is -2.44. The molecule has 2 heterocycles. The van der Waals surface area contributed by atoms with Crippen molar-refractivity contribution < 1.29 is 19.1 Å². The third-order valence-corrected chi connectivity index (χ3v) is 5.15. The number of amides is 2. The number of rotatable bonds is 5. The first-order valence-electron chi connectivity index (χ1n) is 9.39. The van der Waals surface area contributed by atoms with Gasteiger partial charge in [0.05, 0.1) is 12.6 Å². The van der Waals surface area contributed by atoms with Crippen molar-refractivity contribution in [1.82, 2.24) is 15.2 Å². The van der Waals surface area contributed by atoms with E-state index in [1.54, 1.807) is 6.20 Å². The normalized spacial score (nSPS) is 22.5. The Labute approximate surface area is 157 Å². The van der Waals surface area contributed by atoms with Crippen molar-refractivity contribution in [3.8, 4) is 5.75 Å². The van der Waals surface area contributed by atoms with Crippen LogP contribution in [0.15, 0.2) is 36.7 Å². The second-order valence-corrected chi connectivity index (χ2v) is 7.05. The van der Waals surface area contributed by atoms with Crippen LogP contribution in [0.5, 0.6) is 5.75 Å². The number of ether oxygens (including phenoxy) is 2. The van der Waals surface area contributed by atoms with Crippen LogP contribution >= 0.6 is 0 Å². The van der Waals surface area contributed by atoms with Crippen LogP contribution in [0.2, 0.25) is 0 Å². The quantitative estimate of drug-likeness (QED) is 0.876. The van der Waals surface area contributed by atoms with E-state index in [0.717, 1.165) is 42.2 Å². The summed E-state index contributed by atoms with van der Waals surface area (Å²) in [5.74, 6) is 0.759. The first-order valence-corrected chi connectivity index (χ1v) is 9.39. The maximum Gasteiger partial charge on any atom is 0.410 e. The number of carbonyl (C=O) groups is 2. The van der Waals surface area contributed by atoms with E-state index in [2.05, 4.69) is 10.3 Å². The minimum Gasteiger partial charge on any atom is -0.490 e. The summed E-state index contributed by atoms with van der Waals surface area (Å²) in [5.41, 5.74) is 0. The molecule has 1 saturated heterocycles. The Hall–Kier alpha value is -2.83. The molecule has 1 saturated carbocycles. The molecule has 2 fully saturated rings. The SMILES string of the molecule is O=C(CN1CCOC1=O)NC1CCC(Oc2cccc3cnccc23)CC1. The molecule has 0 spiro atoms. The molecule has 7 nitrogen and oxygen atoms in total. The Morgan fingerprint density at radius 3 is 2.89 bits per heavy atom. The summed E-state index contributed by atoms with van der Waals surface area (Å²) < 4.78 is 11.1. The van der Waals surface area contributed by atoms with Crippen molar-refractivity contribution in [3.05, 3.63) is 36.7 Å². The molecule has 0 radical (unpaired) electrons. The van der Waals surface area contributed by atoms with Crippen molar-refractivity contribution in [3.63, 3.8) is 0 Å². The van der Waals surface area contributed by atoms with Crippen LogP contribution in [-0.4, -0.2) is 53.7 Å². The number of nitrogens with one attached hydrogen (secondary N) is 1. The van der Waals surface area contributed by atoms with E-state index in [0.29, 0.717) is 13.2 Å². The smallest absolute Gasteiger partial charge is 0.410 e. The fourth-order valence-electron chi connectivity index (χ4n) is 3.72. The first-order chi connectivity index (χ1) is 13.2. The molecule has 27 heavy (non-hydrogen) atoms. The van der Waals surface area contributed by atoms with Crippen LogP contribution in [0, 0.1) is 0 Å².